The van der Waals surface area contributed by atoms with E-state index in [0.29, 0.717) is 6.29 Å². The van der Waals surface area contributed by atoms with Gasteiger partial charge in [-0.2, -0.15) is 0 Å². The normalized spacial score (nSPS) is 19.3. The van der Waals surface area contributed by atoms with Crippen molar-refractivity contribution in [3.63, 3.8) is 0 Å². The van der Waals surface area contributed by atoms with E-state index in [9.17, 15) is 9.90 Å². The molecule has 0 amide bonds. The van der Waals surface area contributed by atoms with Crippen molar-refractivity contribution >= 4 is 6.29 Å². The van der Waals surface area contributed by atoms with E-state index in [1.54, 1.807) is 0 Å². The van der Waals surface area contributed by atoms with Crippen molar-refractivity contribution < 1.29 is 29.2 Å². The Morgan fingerprint density at radius 3 is 2.07 bits per heavy atom. The maximum atomic E-state index is 10.6. The van der Waals surface area contributed by atoms with Crippen LogP contribution in [0.15, 0.2) is 0 Å². The van der Waals surface area contributed by atoms with Crippen LogP contribution in [-0.4, -0.2) is 68.9 Å². The van der Waals surface area contributed by atoms with E-state index in [1.807, 2.05) is 0 Å². The summed E-state index contributed by atoms with van der Waals surface area (Å²) in [6, 6.07) is 0. The summed E-state index contributed by atoms with van der Waals surface area (Å²) in [6.45, 7) is -0.368. The summed E-state index contributed by atoms with van der Waals surface area (Å²) in [4.78, 5) is 10.6. The number of carbonyl (C=O) groups is 1. The number of methoxy groups -OCH3 is 3. The summed E-state index contributed by atoms with van der Waals surface area (Å²) >= 11 is 0. The molecule has 0 aliphatic carbocycles. The molecule has 6 heteroatoms. The van der Waals surface area contributed by atoms with E-state index in [4.69, 9.17) is 19.3 Å². The average Bonchev–Trinajstić information content (AvgIpc) is 2.27. The van der Waals surface area contributed by atoms with Crippen molar-refractivity contribution in [2.24, 2.45) is 0 Å². The van der Waals surface area contributed by atoms with Crippen molar-refractivity contribution in [2.75, 3.05) is 27.9 Å². The lowest BCUT2D eigenvalue weighted by molar-refractivity contribution is -0.152. The minimum atomic E-state index is -1.14. The highest BCUT2D eigenvalue weighted by atomic mass is 16.5. The molecule has 0 aromatic rings. The molecule has 4 atom stereocenters. The fourth-order valence-corrected chi connectivity index (χ4v) is 1.27. The van der Waals surface area contributed by atoms with E-state index in [-0.39, 0.29) is 6.61 Å². The van der Waals surface area contributed by atoms with Gasteiger partial charge in [0.1, 0.15) is 24.4 Å². The Morgan fingerprint density at radius 2 is 1.80 bits per heavy atom. The molecule has 0 aromatic heterocycles. The number of aldehydes is 1. The lowest BCUT2D eigenvalue weighted by Gasteiger charge is -2.29. The van der Waals surface area contributed by atoms with Gasteiger partial charge in [-0.05, 0) is 0 Å². The van der Waals surface area contributed by atoms with Crippen LogP contribution in [0.1, 0.15) is 0 Å². The number of hydrogen-bond donors (Lipinski definition) is 2. The molecule has 0 saturated carbocycles. The Bertz CT molecular complexity index is 170. The molecular formula is C9H18O6. The Morgan fingerprint density at radius 1 is 1.20 bits per heavy atom. The Labute approximate surface area is 88.7 Å². The second kappa shape index (κ2) is 7.72. The lowest BCUT2D eigenvalue weighted by Crippen LogP contribution is -2.48. The summed E-state index contributed by atoms with van der Waals surface area (Å²) in [6.07, 6.45) is -3.19. The molecule has 2 N–H and O–H groups in total. The van der Waals surface area contributed by atoms with Gasteiger partial charge in [-0.3, -0.25) is 0 Å². The molecule has 0 fully saturated rings. The third kappa shape index (κ3) is 3.84. The molecule has 90 valence electrons. The van der Waals surface area contributed by atoms with Crippen LogP contribution in [0.5, 0.6) is 0 Å². The zero-order valence-electron chi connectivity index (χ0n) is 9.12. The van der Waals surface area contributed by atoms with Crippen molar-refractivity contribution in [3.8, 4) is 0 Å². The van der Waals surface area contributed by atoms with Gasteiger partial charge in [0.15, 0.2) is 6.29 Å². The average molecular weight is 222 g/mol. The molecule has 0 aliphatic rings. The molecule has 0 rings (SSSR count). The summed E-state index contributed by atoms with van der Waals surface area (Å²) in [7, 11) is 4.02. The van der Waals surface area contributed by atoms with Crippen LogP contribution in [0, 0.1) is 0 Å². The van der Waals surface area contributed by atoms with Crippen LogP contribution in [0.2, 0.25) is 0 Å². The van der Waals surface area contributed by atoms with Crippen LogP contribution < -0.4 is 0 Å². The van der Waals surface area contributed by atoms with Gasteiger partial charge in [0.2, 0.25) is 0 Å². The molecule has 0 unspecified atom stereocenters. The van der Waals surface area contributed by atoms with Crippen molar-refractivity contribution in [2.45, 2.75) is 24.4 Å². The van der Waals surface area contributed by atoms with E-state index in [0.717, 1.165) is 0 Å². The van der Waals surface area contributed by atoms with E-state index in [2.05, 4.69) is 0 Å². The topological polar surface area (TPSA) is 85.2 Å². The molecule has 0 aliphatic heterocycles. The molecule has 15 heavy (non-hydrogen) atoms. The second-order valence-corrected chi connectivity index (χ2v) is 2.98. The SMILES string of the molecule is CO[C@@H]([C@H](O)[C@@H](CO)OC)[C@H](C=O)OC. The van der Waals surface area contributed by atoms with Gasteiger partial charge in [0.05, 0.1) is 6.61 Å². The van der Waals surface area contributed by atoms with E-state index < -0.39 is 24.4 Å². The first-order chi connectivity index (χ1) is 7.15. The maximum Gasteiger partial charge on any atom is 0.151 e. The first-order valence-corrected chi connectivity index (χ1v) is 4.48. The molecule has 0 saturated heterocycles. The minimum absolute atomic E-state index is 0.368. The highest BCUT2D eigenvalue weighted by molar-refractivity contribution is 5.57. The van der Waals surface area contributed by atoms with E-state index >= 15 is 0 Å². The minimum Gasteiger partial charge on any atom is -0.394 e. The van der Waals surface area contributed by atoms with Gasteiger partial charge in [-0.1, -0.05) is 0 Å². The van der Waals surface area contributed by atoms with Crippen LogP contribution in [0.4, 0.5) is 0 Å². The predicted octanol–water partition coefficient (Wildman–Crippen LogP) is -1.42. The number of rotatable bonds is 8. The fourth-order valence-electron chi connectivity index (χ4n) is 1.27. The quantitative estimate of drug-likeness (QED) is 0.490. The summed E-state index contributed by atoms with van der Waals surface area (Å²) in [5.41, 5.74) is 0. The number of aliphatic hydroxyl groups excluding tert-OH is 2. The van der Waals surface area contributed by atoms with Gasteiger partial charge >= 0.3 is 0 Å². The molecule has 0 heterocycles. The number of ether oxygens (including phenoxy) is 3. The maximum absolute atomic E-state index is 10.6. The van der Waals surface area contributed by atoms with Gasteiger partial charge < -0.3 is 29.2 Å². The number of hydrogen-bond acceptors (Lipinski definition) is 6. The lowest BCUT2D eigenvalue weighted by atomic mass is 10.0. The Balaban J connectivity index is 4.55. The zero-order valence-corrected chi connectivity index (χ0v) is 9.12. The monoisotopic (exact) mass is 222 g/mol. The number of aliphatic hydroxyl groups is 2. The summed E-state index contributed by atoms with van der Waals surface area (Å²) in [5.74, 6) is 0. The smallest absolute Gasteiger partial charge is 0.151 e. The molecule has 0 aromatic carbocycles. The van der Waals surface area contributed by atoms with Crippen LogP contribution >= 0.6 is 0 Å². The third-order valence-corrected chi connectivity index (χ3v) is 2.20. The van der Waals surface area contributed by atoms with Crippen molar-refractivity contribution in [1.82, 2.24) is 0 Å². The van der Waals surface area contributed by atoms with Crippen LogP contribution in [0.3, 0.4) is 0 Å². The van der Waals surface area contributed by atoms with Crippen molar-refractivity contribution in [1.29, 1.82) is 0 Å². The molecular weight excluding hydrogens is 204 g/mol. The third-order valence-electron chi connectivity index (χ3n) is 2.20. The van der Waals surface area contributed by atoms with Gasteiger partial charge in [0, 0.05) is 21.3 Å². The van der Waals surface area contributed by atoms with Gasteiger partial charge in [-0.15, -0.1) is 0 Å². The fraction of sp³-hybridized carbons (Fsp3) is 0.889. The second-order valence-electron chi connectivity index (χ2n) is 2.98. The zero-order chi connectivity index (χ0) is 11.8. The highest BCUT2D eigenvalue weighted by Gasteiger charge is 2.33. The molecule has 0 radical (unpaired) electrons. The molecule has 6 nitrogen and oxygen atoms in total. The number of carbonyl (C=O) groups excluding carboxylic acids is 1. The van der Waals surface area contributed by atoms with Gasteiger partial charge in [0.25, 0.3) is 0 Å². The van der Waals surface area contributed by atoms with Crippen LogP contribution in [0.25, 0.3) is 0 Å². The molecule has 0 bridgehead atoms. The van der Waals surface area contributed by atoms with Crippen LogP contribution in [-0.2, 0) is 19.0 Å². The first-order valence-electron chi connectivity index (χ1n) is 4.48. The Kier molecular flexibility index (Phi) is 7.45. The van der Waals surface area contributed by atoms with E-state index in [1.165, 1.54) is 21.3 Å². The van der Waals surface area contributed by atoms with Gasteiger partial charge in [-0.25, -0.2) is 0 Å². The summed E-state index contributed by atoms with van der Waals surface area (Å²) < 4.78 is 14.6. The summed E-state index contributed by atoms with van der Waals surface area (Å²) in [5, 5.41) is 18.7. The first kappa shape index (κ1) is 14.5. The standard InChI is InChI=1S/C9H18O6/c1-13-6(4-10)8(12)9(15-3)7(5-11)14-2/h5-10,12H,4H2,1-3H3/t6-,7+,8-,9-/m1/s1. The van der Waals surface area contributed by atoms with Crippen molar-refractivity contribution in [3.05, 3.63) is 0 Å². The predicted molar refractivity (Wildman–Crippen MR) is 51.5 cm³/mol. The molecule has 0 spiro atoms. The largest absolute Gasteiger partial charge is 0.394 e. The highest BCUT2D eigenvalue weighted by Crippen LogP contribution is 2.11. The Hall–Kier alpha value is -0.530.